The van der Waals surface area contributed by atoms with Crippen LogP contribution in [0.25, 0.3) is 22.7 Å². The molecule has 3 aromatic rings. The zero-order valence-electron chi connectivity index (χ0n) is 17.0. The van der Waals surface area contributed by atoms with Crippen molar-refractivity contribution in [2.75, 3.05) is 13.2 Å². The summed E-state index contributed by atoms with van der Waals surface area (Å²) in [6.45, 7) is 2.72. The second kappa shape index (κ2) is 8.24. The molecule has 0 aliphatic heterocycles. The van der Waals surface area contributed by atoms with Crippen molar-refractivity contribution < 1.29 is 36.2 Å². The summed E-state index contributed by atoms with van der Waals surface area (Å²) in [5.41, 5.74) is -0.613. The minimum Gasteiger partial charge on any atom is -0.491 e. The molecule has 3 aromatic heterocycles. The average molecular weight is 454 g/mol. The Labute approximate surface area is 179 Å². The highest BCUT2D eigenvalue weighted by molar-refractivity contribution is 5.76. The Morgan fingerprint density at radius 3 is 2.72 bits per heavy atom. The van der Waals surface area contributed by atoms with Crippen LogP contribution in [0.1, 0.15) is 20.3 Å². The first-order valence-electron chi connectivity index (χ1n) is 9.65. The van der Waals surface area contributed by atoms with E-state index in [1.54, 1.807) is 6.92 Å². The molecule has 12 heteroatoms. The Balaban J connectivity index is 1.49. The number of nitrogens with one attached hydrogen (secondary N) is 1. The van der Waals surface area contributed by atoms with Crippen LogP contribution in [0.2, 0.25) is 0 Å². The Hall–Kier alpha value is -3.44. The zero-order chi connectivity index (χ0) is 23.0. The number of fused-ring (bicyclic) bond motifs is 1. The van der Waals surface area contributed by atoms with Gasteiger partial charge in [-0.05, 0) is 6.92 Å². The van der Waals surface area contributed by atoms with E-state index in [9.17, 15) is 22.4 Å². The van der Waals surface area contributed by atoms with Crippen LogP contribution in [-0.2, 0) is 4.79 Å². The maximum absolute atomic E-state index is 14.7. The molecule has 0 unspecified atom stereocenters. The summed E-state index contributed by atoms with van der Waals surface area (Å²) in [4.78, 5) is 22.7. The minimum atomic E-state index is -2.74. The number of rotatable bonds is 8. The first-order chi connectivity index (χ1) is 15.1. The Morgan fingerprint density at radius 1 is 1.31 bits per heavy atom. The molecular weight excluding hydrogens is 436 g/mol. The van der Waals surface area contributed by atoms with Crippen molar-refractivity contribution in [1.29, 1.82) is 0 Å². The molecule has 0 radical (unpaired) electrons. The molecular formula is C20H18F4N4O4. The van der Waals surface area contributed by atoms with E-state index in [1.807, 2.05) is 0 Å². The highest BCUT2D eigenvalue weighted by Crippen LogP contribution is 2.48. The summed E-state index contributed by atoms with van der Waals surface area (Å²) in [6, 6.07) is 0.574. The lowest BCUT2D eigenvalue weighted by atomic mass is 10.3. The first-order valence-corrected chi connectivity index (χ1v) is 9.65. The molecule has 1 saturated carbocycles. The van der Waals surface area contributed by atoms with E-state index in [0.29, 0.717) is 0 Å². The van der Waals surface area contributed by atoms with E-state index in [4.69, 9.17) is 13.9 Å². The Bertz CT molecular complexity index is 1170. The third-order valence-electron chi connectivity index (χ3n) is 4.69. The van der Waals surface area contributed by atoms with Gasteiger partial charge in [0.15, 0.2) is 17.1 Å². The van der Waals surface area contributed by atoms with Crippen LogP contribution >= 0.6 is 0 Å². The van der Waals surface area contributed by atoms with E-state index in [2.05, 4.69) is 20.3 Å². The summed E-state index contributed by atoms with van der Waals surface area (Å²) in [6.07, 6.45) is 2.07. The molecule has 1 fully saturated rings. The van der Waals surface area contributed by atoms with Gasteiger partial charge in [0, 0.05) is 19.4 Å². The monoisotopic (exact) mass is 454 g/mol. The van der Waals surface area contributed by atoms with Gasteiger partial charge in [0.1, 0.15) is 17.9 Å². The van der Waals surface area contributed by atoms with Gasteiger partial charge in [-0.1, -0.05) is 0 Å². The fourth-order valence-corrected chi connectivity index (χ4v) is 2.95. The van der Waals surface area contributed by atoms with E-state index < -0.39 is 23.5 Å². The lowest BCUT2D eigenvalue weighted by Crippen LogP contribution is -2.35. The summed E-state index contributed by atoms with van der Waals surface area (Å²) in [5, 5.41) is 2.58. The highest BCUT2D eigenvalue weighted by atomic mass is 19.3. The molecule has 170 valence electrons. The van der Waals surface area contributed by atoms with Crippen molar-refractivity contribution in [1.82, 2.24) is 20.3 Å². The number of aromatic nitrogens is 3. The van der Waals surface area contributed by atoms with Gasteiger partial charge in [-0.25, -0.2) is 28.1 Å². The topological polar surface area (TPSA) is 99.4 Å². The van der Waals surface area contributed by atoms with Gasteiger partial charge < -0.3 is 19.2 Å². The Kier molecular flexibility index (Phi) is 5.61. The number of amides is 1. The quantitative estimate of drug-likeness (QED) is 0.520. The van der Waals surface area contributed by atoms with Gasteiger partial charge in [-0.2, -0.15) is 4.39 Å². The SMILES string of the molecule is CC(=O)N[C@@H](C)COc1ncc2nc(-c3ncc(OC[C@H]4CC4(F)F)cc3F)oc2c1F. The smallest absolute Gasteiger partial charge is 0.255 e. The van der Waals surface area contributed by atoms with Gasteiger partial charge in [-0.15, -0.1) is 0 Å². The second-order valence-corrected chi connectivity index (χ2v) is 7.50. The standard InChI is InChI=1S/C20H18F4N4O4/c1-9(27-10(2)29)7-31-18-15(22)17-14(6-26-18)28-19(32-17)16-13(21)3-12(5-25-16)30-8-11-4-20(11,23)24/h3,5-6,9,11H,4,7-8H2,1-2H3,(H,27,29)/t9-,11+/m0/s1. The van der Waals surface area contributed by atoms with Crippen molar-refractivity contribution in [2.45, 2.75) is 32.2 Å². The van der Waals surface area contributed by atoms with Crippen LogP contribution in [0.4, 0.5) is 17.6 Å². The van der Waals surface area contributed by atoms with Crippen LogP contribution in [0.15, 0.2) is 22.9 Å². The van der Waals surface area contributed by atoms with Crippen LogP contribution < -0.4 is 14.8 Å². The van der Waals surface area contributed by atoms with Crippen molar-refractivity contribution in [2.24, 2.45) is 5.92 Å². The summed E-state index contributed by atoms with van der Waals surface area (Å²) in [7, 11) is 0. The molecule has 2 atom stereocenters. The van der Waals surface area contributed by atoms with Gasteiger partial charge in [0.25, 0.3) is 11.8 Å². The van der Waals surface area contributed by atoms with Crippen LogP contribution in [0.3, 0.4) is 0 Å². The molecule has 8 nitrogen and oxygen atoms in total. The maximum Gasteiger partial charge on any atom is 0.255 e. The van der Waals surface area contributed by atoms with Crippen molar-refractivity contribution in [3.63, 3.8) is 0 Å². The molecule has 3 heterocycles. The first kappa shape index (κ1) is 21.8. The fraction of sp³-hybridized carbons (Fsp3) is 0.400. The van der Waals surface area contributed by atoms with E-state index >= 15 is 0 Å². The molecule has 1 N–H and O–H groups in total. The molecule has 0 aromatic carbocycles. The third kappa shape index (κ3) is 4.58. The summed E-state index contributed by atoms with van der Waals surface area (Å²) < 4.78 is 70.8. The van der Waals surface area contributed by atoms with Crippen molar-refractivity contribution in [3.05, 3.63) is 30.1 Å². The average Bonchev–Trinajstić information content (AvgIpc) is 3.12. The maximum atomic E-state index is 14.7. The van der Waals surface area contributed by atoms with Crippen LogP contribution in [0.5, 0.6) is 11.6 Å². The molecule has 1 aliphatic carbocycles. The number of carbonyl (C=O) groups is 1. The van der Waals surface area contributed by atoms with Gasteiger partial charge in [-0.3, -0.25) is 4.79 Å². The molecule has 0 saturated heterocycles. The van der Waals surface area contributed by atoms with Gasteiger partial charge in [0.05, 0.1) is 31.0 Å². The largest absolute Gasteiger partial charge is 0.491 e. The zero-order valence-corrected chi connectivity index (χ0v) is 17.0. The minimum absolute atomic E-state index is 0.0113. The lowest BCUT2D eigenvalue weighted by molar-refractivity contribution is -0.119. The van der Waals surface area contributed by atoms with Crippen molar-refractivity contribution >= 4 is 17.0 Å². The highest BCUT2D eigenvalue weighted by Gasteiger charge is 2.57. The molecule has 0 bridgehead atoms. The number of pyridine rings is 2. The predicted octanol–water partition coefficient (Wildman–Crippen LogP) is 3.50. The Morgan fingerprint density at radius 2 is 2.06 bits per heavy atom. The third-order valence-corrected chi connectivity index (χ3v) is 4.69. The number of oxazole rings is 1. The fourth-order valence-electron chi connectivity index (χ4n) is 2.95. The van der Waals surface area contributed by atoms with Gasteiger partial charge in [0.2, 0.25) is 17.6 Å². The van der Waals surface area contributed by atoms with E-state index in [0.717, 1.165) is 12.3 Å². The second-order valence-electron chi connectivity index (χ2n) is 7.50. The normalized spacial score (nSPS) is 17.8. The number of nitrogens with zero attached hydrogens (tertiary/aromatic N) is 3. The van der Waals surface area contributed by atoms with E-state index in [1.165, 1.54) is 13.1 Å². The molecule has 32 heavy (non-hydrogen) atoms. The molecule has 0 spiro atoms. The van der Waals surface area contributed by atoms with Crippen LogP contribution in [0, 0.1) is 17.6 Å². The number of ether oxygens (including phenoxy) is 2. The van der Waals surface area contributed by atoms with Crippen molar-refractivity contribution in [3.8, 4) is 23.2 Å². The number of halogens is 4. The number of carbonyl (C=O) groups excluding carboxylic acids is 1. The summed E-state index contributed by atoms with van der Waals surface area (Å²) in [5.74, 6) is -6.42. The molecule has 4 rings (SSSR count). The number of hydrogen-bond acceptors (Lipinski definition) is 7. The predicted molar refractivity (Wildman–Crippen MR) is 102 cm³/mol. The summed E-state index contributed by atoms with van der Waals surface area (Å²) >= 11 is 0. The van der Waals surface area contributed by atoms with Gasteiger partial charge >= 0.3 is 0 Å². The lowest BCUT2D eigenvalue weighted by Gasteiger charge is -2.13. The van der Waals surface area contributed by atoms with E-state index in [-0.39, 0.29) is 65.9 Å². The number of alkyl halides is 2. The molecule has 1 aliphatic rings. The molecule has 1 amide bonds. The number of hydrogen-bond donors (Lipinski definition) is 1. The van der Waals surface area contributed by atoms with Crippen LogP contribution in [-0.4, -0.2) is 46.0 Å².